The van der Waals surface area contributed by atoms with Crippen LogP contribution in [0.5, 0.6) is 0 Å². The molecular weight excluding hydrogens is 398 g/mol. The summed E-state index contributed by atoms with van der Waals surface area (Å²) in [5.41, 5.74) is 19.7. The number of halogens is 1. The molecule has 3 aromatic rings. The van der Waals surface area contributed by atoms with Gasteiger partial charge in [0.2, 0.25) is 5.96 Å². The monoisotopic (exact) mass is 409 g/mol. The molecule has 1 heterocycles. The lowest BCUT2D eigenvalue weighted by molar-refractivity contribution is 0.104. The zero-order valence-corrected chi connectivity index (χ0v) is 14.9. The largest absolute Gasteiger partial charge is 0.370 e. The van der Waals surface area contributed by atoms with Crippen molar-refractivity contribution >= 4 is 50.2 Å². The van der Waals surface area contributed by atoms with Crippen LogP contribution >= 0.6 is 15.9 Å². The van der Waals surface area contributed by atoms with E-state index in [9.17, 15) is 4.79 Å². The van der Waals surface area contributed by atoms with Gasteiger partial charge in [0.15, 0.2) is 11.7 Å². The first-order valence-corrected chi connectivity index (χ1v) is 8.31. The molecule has 0 atom stereocenters. The lowest BCUT2D eigenvalue weighted by atomic mass is 9.86. The normalized spacial score (nSPS) is 12.8. The van der Waals surface area contributed by atoms with Crippen LogP contribution in [-0.2, 0) is 0 Å². The van der Waals surface area contributed by atoms with E-state index in [0.717, 1.165) is 5.56 Å². The number of carbonyl (C=O) groups is 1. The summed E-state index contributed by atoms with van der Waals surface area (Å²) in [5, 5.41) is 0.613. The summed E-state index contributed by atoms with van der Waals surface area (Å²) in [6.07, 6.45) is 1.47. The van der Waals surface area contributed by atoms with Crippen molar-refractivity contribution < 1.29 is 4.79 Å². The van der Waals surface area contributed by atoms with E-state index in [-0.39, 0.29) is 17.7 Å². The summed E-state index contributed by atoms with van der Waals surface area (Å²) in [7, 11) is 0. The van der Waals surface area contributed by atoms with Gasteiger partial charge in [-0.05, 0) is 22.0 Å². The van der Waals surface area contributed by atoms with E-state index >= 15 is 0 Å². The number of nitrogens with two attached hydrogens (primary N) is 3. The van der Waals surface area contributed by atoms with E-state index in [2.05, 4.69) is 35.9 Å². The molecule has 0 spiro atoms. The first-order chi connectivity index (χ1) is 12.5. The Kier molecular flexibility index (Phi) is 3.66. The molecule has 9 heteroatoms. The molecule has 0 saturated carbocycles. The fraction of sp³-hybridized carbons (Fsp3) is 0. The second kappa shape index (κ2) is 5.88. The summed E-state index contributed by atoms with van der Waals surface area (Å²) >= 11 is 3.47. The van der Waals surface area contributed by atoms with Gasteiger partial charge >= 0.3 is 0 Å². The van der Waals surface area contributed by atoms with Crippen molar-refractivity contribution in [1.82, 2.24) is 9.97 Å². The number of guanidine groups is 2. The highest BCUT2D eigenvalue weighted by atomic mass is 79.9. The Hall–Kier alpha value is -3.33. The van der Waals surface area contributed by atoms with Crippen LogP contribution in [-0.4, -0.2) is 27.7 Å². The van der Waals surface area contributed by atoms with E-state index in [4.69, 9.17) is 17.2 Å². The maximum absolute atomic E-state index is 13.2. The number of nitrogens with zero attached hydrogens (tertiary/aromatic N) is 4. The van der Waals surface area contributed by atoms with Crippen LogP contribution in [0.15, 0.2) is 51.1 Å². The third-order valence-electron chi connectivity index (χ3n) is 3.98. The molecule has 6 N–H and O–H groups in total. The molecular formula is C17H12BrN7O. The first kappa shape index (κ1) is 16.2. The van der Waals surface area contributed by atoms with Crippen LogP contribution in [0.4, 0.5) is 5.69 Å². The molecule has 0 amide bonds. The van der Waals surface area contributed by atoms with Crippen molar-refractivity contribution in [1.29, 1.82) is 0 Å². The van der Waals surface area contributed by atoms with E-state index < -0.39 is 0 Å². The zero-order valence-electron chi connectivity index (χ0n) is 13.3. The van der Waals surface area contributed by atoms with Gasteiger partial charge in [-0.15, -0.1) is 0 Å². The fourth-order valence-corrected chi connectivity index (χ4v) is 3.53. The van der Waals surface area contributed by atoms with Gasteiger partial charge in [-0.25, -0.2) is 15.0 Å². The number of aliphatic imine (C=N–C) groups is 2. The Balaban J connectivity index is 2.13. The molecule has 0 aliphatic heterocycles. The average Bonchev–Trinajstić information content (AvgIpc) is 2.60. The standard InChI is InChI=1S/C17H12BrN7O/c18-9-5-10(24-17(21)25-16(19)20)11-12-13(22-6-23-14(9)12)7-3-1-2-4-8(7)15(11)26/h1-6H,(H6,19,20,21,24,25). The highest BCUT2D eigenvalue weighted by Gasteiger charge is 2.30. The molecule has 0 bridgehead atoms. The van der Waals surface area contributed by atoms with Gasteiger partial charge in [0, 0.05) is 21.0 Å². The fourth-order valence-electron chi connectivity index (χ4n) is 3.02. The average molecular weight is 410 g/mol. The van der Waals surface area contributed by atoms with Gasteiger partial charge in [0.25, 0.3) is 0 Å². The van der Waals surface area contributed by atoms with Gasteiger partial charge in [-0.1, -0.05) is 24.3 Å². The molecule has 8 nitrogen and oxygen atoms in total. The number of hydrogen-bond acceptors (Lipinski definition) is 4. The topological polar surface area (TPSA) is 146 Å². The Labute approximate surface area is 156 Å². The van der Waals surface area contributed by atoms with E-state index in [1.807, 2.05) is 12.1 Å². The molecule has 1 aliphatic carbocycles. The van der Waals surface area contributed by atoms with E-state index in [1.165, 1.54) is 6.33 Å². The van der Waals surface area contributed by atoms with E-state index in [0.29, 0.717) is 37.9 Å². The summed E-state index contributed by atoms with van der Waals surface area (Å²) in [6, 6.07) is 8.93. The number of fused-ring (bicyclic) bond motifs is 2. The maximum Gasteiger partial charge on any atom is 0.223 e. The molecule has 0 fully saturated rings. The number of aromatic nitrogens is 2. The highest BCUT2D eigenvalue weighted by Crippen LogP contribution is 2.43. The third-order valence-corrected chi connectivity index (χ3v) is 4.58. The SMILES string of the molecule is NC(N)=NC(N)=Nc1cc(Br)c2ncnc3c2c1C(=O)c1ccccc1-3. The van der Waals surface area contributed by atoms with Crippen molar-refractivity contribution in [3.05, 3.63) is 52.3 Å². The van der Waals surface area contributed by atoms with Crippen LogP contribution in [0.2, 0.25) is 0 Å². The van der Waals surface area contributed by atoms with Crippen molar-refractivity contribution in [2.75, 3.05) is 0 Å². The predicted molar refractivity (Wildman–Crippen MR) is 103 cm³/mol. The lowest BCUT2D eigenvalue weighted by Gasteiger charge is -2.20. The summed E-state index contributed by atoms with van der Waals surface area (Å²) in [6.45, 7) is 0. The van der Waals surface area contributed by atoms with Crippen LogP contribution in [0, 0.1) is 0 Å². The first-order valence-electron chi connectivity index (χ1n) is 7.52. The van der Waals surface area contributed by atoms with E-state index in [1.54, 1.807) is 18.2 Å². The summed E-state index contributed by atoms with van der Waals surface area (Å²) < 4.78 is 0.656. The minimum atomic E-state index is -0.222. The second-order valence-corrected chi connectivity index (χ2v) is 6.43. The smallest absolute Gasteiger partial charge is 0.223 e. The van der Waals surface area contributed by atoms with Gasteiger partial charge in [-0.3, -0.25) is 4.79 Å². The maximum atomic E-state index is 13.2. The van der Waals surface area contributed by atoms with Crippen molar-refractivity contribution in [2.24, 2.45) is 27.2 Å². The molecule has 26 heavy (non-hydrogen) atoms. The van der Waals surface area contributed by atoms with Crippen LogP contribution in [0.25, 0.3) is 22.2 Å². The minimum Gasteiger partial charge on any atom is -0.370 e. The second-order valence-electron chi connectivity index (χ2n) is 5.58. The summed E-state index contributed by atoms with van der Waals surface area (Å²) in [4.78, 5) is 29.8. The Bertz CT molecular complexity index is 1150. The van der Waals surface area contributed by atoms with Crippen molar-refractivity contribution in [3.63, 3.8) is 0 Å². The molecule has 128 valence electrons. The molecule has 1 aromatic heterocycles. The van der Waals surface area contributed by atoms with Gasteiger partial charge in [0.05, 0.1) is 22.5 Å². The zero-order chi connectivity index (χ0) is 18.4. The van der Waals surface area contributed by atoms with Crippen LogP contribution in [0.1, 0.15) is 15.9 Å². The van der Waals surface area contributed by atoms with Gasteiger partial charge < -0.3 is 17.2 Å². The molecule has 0 saturated heterocycles. The molecule has 4 rings (SSSR count). The molecule has 2 aromatic carbocycles. The van der Waals surface area contributed by atoms with Crippen molar-refractivity contribution in [2.45, 2.75) is 0 Å². The van der Waals surface area contributed by atoms with Crippen LogP contribution in [0.3, 0.4) is 0 Å². The van der Waals surface area contributed by atoms with Crippen LogP contribution < -0.4 is 17.2 Å². The molecule has 0 radical (unpaired) electrons. The number of benzene rings is 2. The Morgan fingerprint density at radius 2 is 1.81 bits per heavy atom. The Morgan fingerprint density at radius 3 is 2.54 bits per heavy atom. The third kappa shape index (κ3) is 2.40. The van der Waals surface area contributed by atoms with Crippen molar-refractivity contribution in [3.8, 4) is 11.3 Å². The highest BCUT2D eigenvalue weighted by molar-refractivity contribution is 9.10. The molecule has 1 aliphatic rings. The number of ketones is 1. The van der Waals surface area contributed by atoms with Gasteiger partial charge in [-0.2, -0.15) is 4.99 Å². The number of carbonyl (C=O) groups excluding carboxylic acids is 1. The predicted octanol–water partition coefficient (Wildman–Crippen LogP) is 1.82. The summed E-state index contributed by atoms with van der Waals surface area (Å²) in [5.74, 6) is -0.561. The quantitative estimate of drug-likeness (QED) is 0.322. The number of rotatable bonds is 1. The minimum absolute atomic E-state index is 0.155. The lowest BCUT2D eigenvalue weighted by Crippen LogP contribution is -2.26. The Morgan fingerprint density at radius 1 is 1.08 bits per heavy atom. The van der Waals surface area contributed by atoms with Gasteiger partial charge in [0.1, 0.15) is 6.33 Å². The number of hydrogen-bond donors (Lipinski definition) is 3. The molecule has 0 unspecified atom stereocenters.